The first-order valence-corrected chi connectivity index (χ1v) is 6.26. The summed E-state index contributed by atoms with van der Waals surface area (Å²) in [5.74, 6) is 0.669. The van der Waals surface area contributed by atoms with E-state index in [2.05, 4.69) is 27.6 Å². The zero-order valence-corrected chi connectivity index (χ0v) is 9.83. The number of anilines is 1. The number of amides is 1. The molecule has 0 fully saturated rings. The van der Waals surface area contributed by atoms with Crippen LogP contribution >= 0.6 is 11.8 Å². The fraction of sp³-hybridized carbons (Fsp3) is 0.167. The number of thioether (sulfide) groups is 1. The molecule has 2 N–H and O–H groups in total. The number of H-pyrrole nitrogens is 1. The van der Waals surface area contributed by atoms with Gasteiger partial charge in [-0.3, -0.25) is 9.89 Å². The second-order valence-corrected chi connectivity index (χ2v) is 5.12. The molecule has 1 aliphatic heterocycles. The lowest BCUT2D eigenvalue weighted by atomic mass is 10.1. The second kappa shape index (κ2) is 4.25. The summed E-state index contributed by atoms with van der Waals surface area (Å²) in [7, 11) is 0. The lowest BCUT2D eigenvalue weighted by Gasteiger charge is -2.07. The third kappa shape index (κ3) is 2.06. The number of nitrogens with zero attached hydrogens (tertiary/aromatic N) is 1. The van der Waals surface area contributed by atoms with Gasteiger partial charge < -0.3 is 5.32 Å². The second-order valence-electron chi connectivity index (χ2n) is 3.88. The van der Waals surface area contributed by atoms with Crippen LogP contribution in [0.25, 0.3) is 0 Å². The number of benzene rings is 1. The van der Waals surface area contributed by atoms with Crippen molar-refractivity contribution in [2.24, 2.45) is 0 Å². The Labute approximate surface area is 103 Å². The molecule has 0 spiro atoms. The highest BCUT2D eigenvalue weighted by Gasteiger charge is 2.28. The van der Waals surface area contributed by atoms with Gasteiger partial charge in [-0.2, -0.15) is 5.10 Å². The zero-order chi connectivity index (χ0) is 11.7. The van der Waals surface area contributed by atoms with E-state index in [1.54, 1.807) is 24.0 Å². The summed E-state index contributed by atoms with van der Waals surface area (Å²) in [5, 5.41) is 9.29. The molecule has 0 bridgehead atoms. The Bertz CT molecular complexity index is 513. The molecule has 1 unspecified atom stereocenters. The largest absolute Gasteiger partial charge is 0.310 e. The Balaban J connectivity index is 1.70. The van der Waals surface area contributed by atoms with Crippen LogP contribution in [-0.2, 0) is 11.2 Å². The highest BCUT2D eigenvalue weighted by atomic mass is 32.2. The van der Waals surface area contributed by atoms with Crippen LogP contribution in [0.4, 0.5) is 5.82 Å². The quantitative estimate of drug-likeness (QED) is 0.851. The molecule has 86 valence electrons. The van der Waals surface area contributed by atoms with E-state index in [-0.39, 0.29) is 11.2 Å². The third-order valence-electron chi connectivity index (χ3n) is 2.70. The maximum Gasteiger partial charge on any atom is 0.239 e. The number of hydrogen-bond donors (Lipinski definition) is 2. The van der Waals surface area contributed by atoms with Crippen molar-refractivity contribution in [1.29, 1.82) is 0 Å². The molecule has 0 aliphatic carbocycles. The van der Waals surface area contributed by atoms with Crippen LogP contribution in [0.2, 0.25) is 0 Å². The minimum absolute atomic E-state index is 0.0236. The number of aromatic amines is 1. The molecule has 2 heterocycles. The predicted molar refractivity (Wildman–Crippen MR) is 67.0 cm³/mol. The zero-order valence-electron chi connectivity index (χ0n) is 9.01. The summed E-state index contributed by atoms with van der Waals surface area (Å²) in [6, 6.07) is 9.88. The average molecular weight is 245 g/mol. The van der Waals surface area contributed by atoms with Crippen LogP contribution < -0.4 is 5.32 Å². The number of rotatable bonds is 2. The van der Waals surface area contributed by atoms with Gasteiger partial charge in [0.1, 0.15) is 5.82 Å². The fourth-order valence-electron chi connectivity index (χ4n) is 1.87. The van der Waals surface area contributed by atoms with E-state index in [0.717, 1.165) is 6.42 Å². The van der Waals surface area contributed by atoms with E-state index in [1.807, 2.05) is 12.1 Å². The molecule has 1 aliphatic rings. The van der Waals surface area contributed by atoms with Crippen LogP contribution in [-0.4, -0.2) is 21.4 Å². The van der Waals surface area contributed by atoms with Crippen LogP contribution in [0.3, 0.4) is 0 Å². The normalized spacial score (nSPS) is 17.8. The lowest BCUT2D eigenvalue weighted by Crippen LogP contribution is -2.24. The standard InChI is InChI=1S/C12H11N3OS/c16-12(14-11-5-6-13-15-11)10-7-8-3-1-2-4-9(8)17-10/h1-6,10H,7H2,(H2,13,14,15,16). The van der Waals surface area contributed by atoms with Crippen molar-refractivity contribution >= 4 is 23.5 Å². The molecule has 0 saturated carbocycles. The fourth-order valence-corrected chi connectivity index (χ4v) is 3.06. The first-order chi connectivity index (χ1) is 8.33. The van der Waals surface area contributed by atoms with Crippen molar-refractivity contribution in [3.63, 3.8) is 0 Å². The third-order valence-corrected chi connectivity index (χ3v) is 4.02. The summed E-state index contributed by atoms with van der Waals surface area (Å²) in [6.45, 7) is 0. The van der Waals surface area contributed by atoms with Gasteiger partial charge in [0, 0.05) is 11.0 Å². The van der Waals surface area contributed by atoms with Gasteiger partial charge in [0.25, 0.3) is 0 Å². The molecular weight excluding hydrogens is 234 g/mol. The van der Waals surface area contributed by atoms with Crippen molar-refractivity contribution in [3.8, 4) is 0 Å². The van der Waals surface area contributed by atoms with E-state index >= 15 is 0 Å². The van der Waals surface area contributed by atoms with E-state index < -0.39 is 0 Å². The van der Waals surface area contributed by atoms with Crippen LogP contribution in [0, 0.1) is 0 Å². The van der Waals surface area contributed by atoms with Gasteiger partial charge in [0.2, 0.25) is 5.91 Å². The molecular formula is C12H11N3OS. The van der Waals surface area contributed by atoms with Crippen molar-refractivity contribution in [3.05, 3.63) is 42.1 Å². The summed E-state index contributed by atoms with van der Waals surface area (Å²) in [4.78, 5) is 13.2. The van der Waals surface area contributed by atoms with E-state index in [1.165, 1.54) is 10.5 Å². The van der Waals surface area contributed by atoms with Crippen molar-refractivity contribution in [2.75, 3.05) is 5.32 Å². The smallest absolute Gasteiger partial charge is 0.239 e. The topological polar surface area (TPSA) is 57.8 Å². The summed E-state index contributed by atoms with van der Waals surface area (Å²) in [6.07, 6.45) is 2.41. The lowest BCUT2D eigenvalue weighted by molar-refractivity contribution is -0.115. The predicted octanol–water partition coefficient (Wildman–Crippen LogP) is 2.07. The van der Waals surface area contributed by atoms with Gasteiger partial charge in [-0.25, -0.2) is 0 Å². The number of nitrogens with one attached hydrogen (secondary N) is 2. The number of carbonyl (C=O) groups is 1. The SMILES string of the molecule is O=C(Nc1ccn[nH]1)C1Cc2ccccc2S1. The average Bonchev–Trinajstić information content (AvgIpc) is 2.96. The Hall–Kier alpha value is -1.75. The van der Waals surface area contributed by atoms with E-state index in [9.17, 15) is 4.79 Å². The van der Waals surface area contributed by atoms with E-state index in [4.69, 9.17) is 0 Å². The molecule has 17 heavy (non-hydrogen) atoms. The van der Waals surface area contributed by atoms with Crippen molar-refractivity contribution in [1.82, 2.24) is 10.2 Å². The number of carbonyl (C=O) groups excluding carboxylic acids is 1. The highest BCUT2D eigenvalue weighted by Crippen LogP contribution is 2.37. The van der Waals surface area contributed by atoms with Crippen LogP contribution in [0.1, 0.15) is 5.56 Å². The molecule has 1 aromatic heterocycles. The van der Waals surface area contributed by atoms with Gasteiger partial charge in [-0.05, 0) is 18.1 Å². The maximum absolute atomic E-state index is 12.0. The minimum atomic E-state index is -0.0456. The van der Waals surface area contributed by atoms with Gasteiger partial charge in [0.15, 0.2) is 0 Å². The summed E-state index contributed by atoms with van der Waals surface area (Å²) in [5.41, 5.74) is 1.25. The Kier molecular flexibility index (Phi) is 2.60. The monoisotopic (exact) mass is 245 g/mol. The molecule has 5 heteroatoms. The molecule has 0 saturated heterocycles. The van der Waals surface area contributed by atoms with Crippen LogP contribution in [0.5, 0.6) is 0 Å². The van der Waals surface area contributed by atoms with Gasteiger partial charge in [-0.15, -0.1) is 11.8 Å². The first kappa shape index (κ1) is 10.4. The van der Waals surface area contributed by atoms with Gasteiger partial charge >= 0.3 is 0 Å². The van der Waals surface area contributed by atoms with Gasteiger partial charge in [-0.1, -0.05) is 18.2 Å². The molecule has 1 amide bonds. The molecule has 1 atom stereocenters. The Morgan fingerprint density at radius 1 is 1.41 bits per heavy atom. The number of fused-ring (bicyclic) bond motifs is 1. The maximum atomic E-state index is 12.0. The van der Waals surface area contributed by atoms with E-state index in [0.29, 0.717) is 5.82 Å². The molecule has 4 nitrogen and oxygen atoms in total. The summed E-state index contributed by atoms with van der Waals surface area (Å²) >= 11 is 1.62. The molecule has 2 aromatic rings. The minimum Gasteiger partial charge on any atom is -0.310 e. The van der Waals surface area contributed by atoms with Gasteiger partial charge in [0.05, 0.1) is 11.4 Å². The first-order valence-electron chi connectivity index (χ1n) is 5.38. The highest BCUT2D eigenvalue weighted by molar-refractivity contribution is 8.01. The number of hydrogen-bond acceptors (Lipinski definition) is 3. The molecule has 0 radical (unpaired) electrons. The van der Waals surface area contributed by atoms with Crippen LogP contribution in [0.15, 0.2) is 41.4 Å². The Morgan fingerprint density at radius 3 is 3.06 bits per heavy atom. The van der Waals surface area contributed by atoms with Crippen molar-refractivity contribution < 1.29 is 4.79 Å². The molecule has 3 rings (SSSR count). The molecule has 1 aromatic carbocycles. The summed E-state index contributed by atoms with van der Waals surface area (Å²) < 4.78 is 0. The van der Waals surface area contributed by atoms with Crippen molar-refractivity contribution in [2.45, 2.75) is 16.6 Å². The number of aromatic nitrogens is 2. The Morgan fingerprint density at radius 2 is 2.29 bits per heavy atom.